The van der Waals surface area contributed by atoms with Gasteiger partial charge in [0.25, 0.3) is 0 Å². The number of amides is 1. The van der Waals surface area contributed by atoms with Crippen LogP contribution in [0.25, 0.3) is 10.9 Å². The number of hydrogen-bond donors (Lipinski definition) is 2. The maximum absolute atomic E-state index is 11.5. The fraction of sp³-hybridized carbons (Fsp3) is 0.333. The van der Waals surface area contributed by atoms with Gasteiger partial charge in [0.15, 0.2) is 0 Å². The molecule has 0 aliphatic carbocycles. The molecule has 1 aromatic carbocycles. The SMILES string of the molecule is CCCOCC(=O)Nc1ccc2[nH]ncc2c1. The molecule has 0 aliphatic heterocycles. The van der Waals surface area contributed by atoms with Crippen molar-refractivity contribution in [1.82, 2.24) is 10.2 Å². The summed E-state index contributed by atoms with van der Waals surface area (Å²) in [6, 6.07) is 5.58. The Morgan fingerprint density at radius 3 is 3.24 bits per heavy atom. The topological polar surface area (TPSA) is 67.0 Å². The summed E-state index contributed by atoms with van der Waals surface area (Å²) >= 11 is 0. The molecule has 0 saturated carbocycles. The number of benzene rings is 1. The Labute approximate surface area is 99.2 Å². The van der Waals surface area contributed by atoms with Crippen LogP contribution in [0.2, 0.25) is 0 Å². The van der Waals surface area contributed by atoms with Crippen molar-refractivity contribution >= 4 is 22.5 Å². The Morgan fingerprint density at radius 2 is 2.41 bits per heavy atom. The summed E-state index contributed by atoms with van der Waals surface area (Å²) in [5.41, 5.74) is 1.70. The number of hydrogen-bond acceptors (Lipinski definition) is 3. The van der Waals surface area contributed by atoms with Gasteiger partial charge in [0.1, 0.15) is 6.61 Å². The average molecular weight is 233 g/mol. The van der Waals surface area contributed by atoms with Gasteiger partial charge in [-0.3, -0.25) is 9.89 Å². The minimum atomic E-state index is -0.138. The van der Waals surface area contributed by atoms with Gasteiger partial charge < -0.3 is 10.1 Å². The molecule has 0 unspecified atom stereocenters. The van der Waals surface area contributed by atoms with Gasteiger partial charge >= 0.3 is 0 Å². The number of ether oxygens (including phenoxy) is 1. The van der Waals surface area contributed by atoms with Gasteiger partial charge in [-0.1, -0.05) is 6.92 Å². The van der Waals surface area contributed by atoms with E-state index in [1.54, 1.807) is 6.20 Å². The van der Waals surface area contributed by atoms with Gasteiger partial charge in [-0.2, -0.15) is 5.10 Å². The van der Waals surface area contributed by atoms with Crippen LogP contribution in [0, 0.1) is 0 Å². The molecule has 90 valence electrons. The highest BCUT2D eigenvalue weighted by Gasteiger charge is 2.03. The third-order valence-electron chi connectivity index (χ3n) is 2.31. The lowest BCUT2D eigenvalue weighted by Gasteiger charge is -2.05. The molecule has 0 spiro atoms. The van der Waals surface area contributed by atoms with Crippen molar-refractivity contribution < 1.29 is 9.53 Å². The van der Waals surface area contributed by atoms with Gasteiger partial charge in [0.2, 0.25) is 5.91 Å². The second-order valence-corrected chi connectivity index (χ2v) is 3.77. The zero-order valence-corrected chi connectivity index (χ0v) is 9.69. The molecule has 0 saturated heterocycles. The number of aromatic amines is 1. The molecular weight excluding hydrogens is 218 g/mol. The minimum absolute atomic E-state index is 0.0945. The number of nitrogens with zero attached hydrogens (tertiary/aromatic N) is 1. The standard InChI is InChI=1S/C12H15N3O2/c1-2-5-17-8-12(16)14-10-3-4-11-9(6-10)7-13-15-11/h3-4,6-7H,2,5,8H2,1H3,(H,13,15)(H,14,16). The third kappa shape index (κ3) is 3.04. The minimum Gasteiger partial charge on any atom is -0.372 e. The molecule has 1 aromatic heterocycles. The molecule has 5 heteroatoms. The Kier molecular flexibility index (Phi) is 3.72. The second-order valence-electron chi connectivity index (χ2n) is 3.77. The lowest BCUT2D eigenvalue weighted by atomic mass is 10.2. The molecule has 0 aliphatic rings. The van der Waals surface area contributed by atoms with Gasteiger partial charge in [-0.05, 0) is 24.6 Å². The van der Waals surface area contributed by atoms with Crippen molar-refractivity contribution in [1.29, 1.82) is 0 Å². The molecule has 2 rings (SSSR count). The zero-order chi connectivity index (χ0) is 12.1. The zero-order valence-electron chi connectivity index (χ0n) is 9.69. The highest BCUT2D eigenvalue weighted by Crippen LogP contribution is 2.16. The summed E-state index contributed by atoms with van der Waals surface area (Å²) in [6.45, 7) is 2.70. The molecular formula is C12H15N3O2. The van der Waals surface area contributed by atoms with E-state index in [1.165, 1.54) is 0 Å². The van der Waals surface area contributed by atoms with E-state index in [9.17, 15) is 4.79 Å². The van der Waals surface area contributed by atoms with Gasteiger partial charge in [0.05, 0.1) is 11.7 Å². The van der Waals surface area contributed by atoms with E-state index in [0.717, 1.165) is 23.0 Å². The summed E-state index contributed by atoms with van der Waals surface area (Å²) in [4.78, 5) is 11.5. The highest BCUT2D eigenvalue weighted by molar-refractivity contribution is 5.94. The van der Waals surface area contributed by atoms with Crippen LogP contribution < -0.4 is 5.32 Å². The summed E-state index contributed by atoms with van der Waals surface area (Å²) in [7, 11) is 0. The molecule has 0 fully saturated rings. The molecule has 1 heterocycles. The maximum Gasteiger partial charge on any atom is 0.250 e. The number of nitrogens with one attached hydrogen (secondary N) is 2. The van der Waals surface area contributed by atoms with E-state index in [-0.39, 0.29) is 12.5 Å². The molecule has 0 radical (unpaired) electrons. The van der Waals surface area contributed by atoms with E-state index in [0.29, 0.717) is 6.61 Å². The van der Waals surface area contributed by atoms with Crippen molar-refractivity contribution in [2.75, 3.05) is 18.5 Å². The fourth-order valence-corrected chi connectivity index (χ4v) is 1.53. The number of aromatic nitrogens is 2. The van der Waals surface area contributed by atoms with Crippen LogP contribution in [0.5, 0.6) is 0 Å². The first-order valence-corrected chi connectivity index (χ1v) is 5.60. The lowest BCUT2D eigenvalue weighted by Crippen LogP contribution is -2.18. The normalized spacial score (nSPS) is 10.6. The van der Waals surface area contributed by atoms with Crippen LogP contribution in [-0.4, -0.2) is 29.3 Å². The largest absolute Gasteiger partial charge is 0.372 e. The third-order valence-corrected chi connectivity index (χ3v) is 2.31. The number of anilines is 1. The van der Waals surface area contributed by atoms with Crippen LogP contribution >= 0.6 is 0 Å². The molecule has 5 nitrogen and oxygen atoms in total. The number of H-pyrrole nitrogens is 1. The molecule has 0 atom stereocenters. The van der Waals surface area contributed by atoms with Crippen LogP contribution in [0.3, 0.4) is 0 Å². The van der Waals surface area contributed by atoms with Crippen LogP contribution in [-0.2, 0) is 9.53 Å². The first-order chi connectivity index (χ1) is 8.29. The Balaban J connectivity index is 1.95. The van der Waals surface area contributed by atoms with E-state index >= 15 is 0 Å². The van der Waals surface area contributed by atoms with Gasteiger partial charge in [0, 0.05) is 17.7 Å². The van der Waals surface area contributed by atoms with E-state index < -0.39 is 0 Å². The molecule has 2 aromatic rings. The maximum atomic E-state index is 11.5. The van der Waals surface area contributed by atoms with Crippen molar-refractivity contribution in [3.8, 4) is 0 Å². The first-order valence-electron chi connectivity index (χ1n) is 5.60. The van der Waals surface area contributed by atoms with Crippen LogP contribution in [0.1, 0.15) is 13.3 Å². The summed E-state index contributed by atoms with van der Waals surface area (Å²) < 4.78 is 5.16. The number of carbonyl (C=O) groups excluding carboxylic acids is 1. The van der Waals surface area contributed by atoms with E-state index in [2.05, 4.69) is 15.5 Å². The fourth-order valence-electron chi connectivity index (χ4n) is 1.53. The number of rotatable bonds is 5. The first kappa shape index (κ1) is 11.6. The number of carbonyl (C=O) groups is 1. The monoisotopic (exact) mass is 233 g/mol. The Hall–Kier alpha value is -1.88. The predicted octanol–water partition coefficient (Wildman–Crippen LogP) is 1.93. The van der Waals surface area contributed by atoms with Gasteiger partial charge in [-0.25, -0.2) is 0 Å². The highest BCUT2D eigenvalue weighted by atomic mass is 16.5. The molecule has 2 N–H and O–H groups in total. The summed E-state index contributed by atoms with van der Waals surface area (Å²) in [6.07, 6.45) is 2.63. The summed E-state index contributed by atoms with van der Waals surface area (Å²) in [5, 5.41) is 10.5. The Bertz CT molecular complexity index is 507. The van der Waals surface area contributed by atoms with Crippen molar-refractivity contribution in [2.45, 2.75) is 13.3 Å². The van der Waals surface area contributed by atoms with Crippen molar-refractivity contribution in [2.24, 2.45) is 0 Å². The second kappa shape index (κ2) is 5.45. The Morgan fingerprint density at radius 1 is 1.53 bits per heavy atom. The van der Waals surface area contributed by atoms with Gasteiger partial charge in [-0.15, -0.1) is 0 Å². The number of fused-ring (bicyclic) bond motifs is 1. The average Bonchev–Trinajstić information content (AvgIpc) is 2.76. The van der Waals surface area contributed by atoms with E-state index in [1.807, 2.05) is 25.1 Å². The van der Waals surface area contributed by atoms with E-state index in [4.69, 9.17) is 4.74 Å². The molecule has 17 heavy (non-hydrogen) atoms. The summed E-state index contributed by atoms with van der Waals surface area (Å²) in [5.74, 6) is -0.138. The van der Waals surface area contributed by atoms with Crippen molar-refractivity contribution in [3.05, 3.63) is 24.4 Å². The smallest absolute Gasteiger partial charge is 0.250 e. The predicted molar refractivity (Wildman–Crippen MR) is 65.8 cm³/mol. The van der Waals surface area contributed by atoms with Crippen LogP contribution in [0.15, 0.2) is 24.4 Å². The van der Waals surface area contributed by atoms with Crippen LogP contribution in [0.4, 0.5) is 5.69 Å². The lowest BCUT2D eigenvalue weighted by molar-refractivity contribution is -0.120. The quantitative estimate of drug-likeness (QED) is 0.775. The van der Waals surface area contributed by atoms with Crippen molar-refractivity contribution in [3.63, 3.8) is 0 Å². The molecule has 1 amide bonds. The molecule has 0 bridgehead atoms.